The average Bonchev–Trinajstić information content (AvgIpc) is 1.80. The van der Waals surface area contributed by atoms with Gasteiger partial charge in [0.2, 0.25) is 0 Å². The number of quaternary nitrogens is 1. The number of carbonyl (C=O) groups is 2. The van der Waals surface area contributed by atoms with Crippen molar-refractivity contribution in [2.75, 3.05) is 47.5 Å². The van der Waals surface area contributed by atoms with E-state index in [4.69, 9.17) is 18.5 Å². The third-order valence-corrected chi connectivity index (χ3v) is 21.4. The summed E-state index contributed by atoms with van der Waals surface area (Å²) in [6, 6.07) is 0. The summed E-state index contributed by atoms with van der Waals surface area (Å²) < 4.78 is 34.9. The molecule has 0 saturated carbocycles. The summed E-state index contributed by atoms with van der Waals surface area (Å²) in [7, 11) is 1.51. The van der Waals surface area contributed by atoms with Crippen molar-refractivity contribution in [2.24, 2.45) is 0 Å². The highest BCUT2D eigenvalue weighted by atomic mass is 31.2. The van der Waals surface area contributed by atoms with Gasteiger partial charge in [0.25, 0.3) is 0 Å². The number of hydrogen-bond acceptors (Lipinski definition) is 7. The van der Waals surface area contributed by atoms with Crippen LogP contribution in [0, 0.1) is 0 Å². The van der Waals surface area contributed by atoms with Crippen molar-refractivity contribution < 1.29 is 42.1 Å². The van der Waals surface area contributed by atoms with E-state index in [9.17, 15) is 19.0 Å². The van der Waals surface area contributed by atoms with Crippen LogP contribution in [0.25, 0.3) is 0 Å². The topological polar surface area (TPSA) is 108 Å². The largest absolute Gasteiger partial charge is 0.472 e. The minimum Gasteiger partial charge on any atom is -0.462 e. The fraction of sp³-hybridized carbons (Fsp3) is 0.976. The van der Waals surface area contributed by atoms with Crippen molar-refractivity contribution in [3.05, 3.63) is 0 Å². The first kappa shape index (κ1) is 94.0. The molecule has 0 aromatic rings. The van der Waals surface area contributed by atoms with Crippen molar-refractivity contribution in [3.63, 3.8) is 0 Å². The lowest BCUT2D eigenvalue weighted by Crippen LogP contribution is -2.37. The monoisotopic (exact) mass is 1370 g/mol. The molecule has 0 aromatic heterocycles. The first-order chi connectivity index (χ1) is 46.5. The van der Waals surface area contributed by atoms with Crippen LogP contribution in [-0.2, 0) is 32.7 Å². The van der Waals surface area contributed by atoms with Crippen molar-refractivity contribution in [2.45, 2.75) is 489 Å². The van der Waals surface area contributed by atoms with Gasteiger partial charge < -0.3 is 18.9 Å². The van der Waals surface area contributed by atoms with Crippen LogP contribution in [-0.4, -0.2) is 74.9 Å². The molecular formula is C85H171NO8P+. The molecule has 0 rings (SSSR count). The Hall–Kier alpha value is -0.990. The van der Waals surface area contributed by atoms with Crippen LogP contribution >= 0.6 is 7.82 Å². The predicted molar refractivity (Wildman–Crippen MR) is 414 cm³/mol. The molecule has 0 saturated heterocycles. The Morgan fingerprint density at radius 2 is 0.474 bits per heavy atom. The summed E-state index contributed by atoms with van der Waals surface area (Å²) in [5.41, 5.74) is 0. The molecule has 0 amide bonds. The number of nitrogens with zero attached hydrogens (tertiary/aromatic N) is 1. The second kappa shape index (κ2) is 77.2. The maximum atomic E-state index is 12.9. The van der Waals surface area contributed by atoms with Gasteiger partial charge in [-0.2, -0.15) is 0 Å². The van der Waals surface area contributed by atoms with Crippen LogP contribution in [0.2, 0.25) is 0 Å². The molecule has 0 radical (unpaired) electrons. The Kier molecular flexibility index (Phi) is 76.4. The van der Waals surface area contributed by atoms with Gasteiger partial charge in [-0.3, -0.25) is 18.6 Å². The second-order valence-electron chi connectivity index (χ2n) is 31.3. The molecule has 10 heteroatoms. The Morgan fingerprint density at radius 3 is 0.674 bits per heavy atom. The Morgan fingerprint density at radius 1 is 0.284 bits per heavy atom. The summed E-state index contributed by atoms with van der Waals surface area (Å²) in [6.45, 7) is 4.55. The summed E-state index contributed by atoms with van der Waals surface area (Å²) in [6.07, 6.45) is 97.3. The van der Waals surface area contributed by atoms with Gasteiger partial charge in [-0.05, 0) is 12.8 Å². The minimum absolute atomic E-state index is 0.0379. The fourth-order valence-corrected chi connectivity index (χ4v) is 14.5. The summed E-state index contributed by atoms with van der Waals surface area (Å²) in [4.78, 5) is 36.0. The van der Waals surface area contributed by atoms with Gasteiger partial charge in [-0.25, -0.2) is 4.57 Å². The molecule has 9 nitrogen and oxygen atoms in total. The molecule has 2 atom stereocenters. The minimum atomic E-state index is -4.39. The van der Waals surface area contributed by atoms with E-state index in [1.807, 2.05) is 21.1 Å². The van der Waals surface area contributed by atoms with E-state index >= 15 is 0 Å². The number of esters is 2. The summed E-state index contributed by atoms with van der Waals surface area (Å²) in [5.74, 6) is -0.763. The number of unbranched alkanes of at least 4 members (excludes halogenated alkanes) is 69. The first-order valence-electron chi connectivity index (χ1n) is 43.3. The van der Waals surface area contributed by atoms with Gasteiger partial charge in [-0.1, -0.05) is 457 Å². The molecule has 1 N–H and O–H groups in total. The van der Waals surface area contributed by atoms with Crippen molar-refractivity contribution in [1.82, 2.24) is 0 Å². The molecule has 0 aliphatic heterocycles. The number of hydrogen-bond donors (Lipinski definition) is 1. The van der Waals surface area contributed by atoms with E-state index < -0.39 is 26.5 Å². The Bertz CT molecular complexity index is 1560. The molecule has 0 aromatic carbocycles. The number of likely N-dealkylation sites (N-methyl/N-ethyl adjacent to an activating group) is 1. The zero-order valence-corrected chi connectivity index (χ0v) is 66.1. The van der Waals surface area contributed by atoms with Gasteiger partial charge in [0.15, 0.2) is 6.10 Å². The van der Waals surface area contributed by atoms with E-state index in [0.717, 1.165) is 38.5 Å². The Labute approximate surface area is 594 Å². The maximum Gasteiger partial charge on any atom is 0.472 e. The number of carbonyl (C=O) groups excluding carboxylic acids is 2. The molecular weight excluding hydrogens is 1190 g/mol. The van der Waals surface area contributed by atoms with E-state index in [1.165, 1.54) is 417 Å². The lowest BCUT2D eigenvalue weighted by Gasteiger charge is -2.24. The predicted octanol–water partition coefficient (Wildman–Crippen LogP) is 28.8. The number of rotatable bonds is 83. The third kappa shape index (κ3) is 81.9. The number of ether oxygens (including phenoxy) is 2. The van der Waals surface area contributed by atoms with Crippen LogP contribution < -0.4 is 0 Å². The van der Waals surface area contributed by atoms with E-state index in [1.54, 1.807) is 0 Å². The SMILES string of the molecule is CCCCCCCCCCCCCCCCCCCCCCCCCCCCCCCCCCCCCCCC(=O)OC(COC(=O)CCCCCCCCCCCCCCCCCCCCCCCCCCCCCCCCCCCC)COP(=O)(O)OCC[N+](C)(C)C. The molecule has 0 spiro atoms. The van der Waals surface area contributed by atoms with Gasteiger partial charge in [0, 0.05) is 12.8 Å². The molecule has 95 heavy (non-hydrogen) atoms. The molecule has 2 unspecified atom stereocenters. The van der Waals surface area contributed by atoms with Gasteiger partial charge in [0.05, 0.1) is 27.7 Å². The molecule has 0 aliphatic rings. The highest BCUT2D eigenvalue weighted by Gasteiger charge is 2.27. The van der Waals surface area contributed by atoms with Gasteiger partial charge >= 0.3 is 19.8 Å². The quantitative estimate of drug-likeness (QED) is 0.0278. The first-order valence-corrected chi connectivity index (χ1v) is 44.8. The Balaban J connectivity index is 3.84. The smallest absolute Gasteiger partial charge is 0.462 e. The van der Waals surface area contributed by atoms with Crippen molar-refractivity contribution in [1.29, 1.82) is 0 Å². The molecule has 0 bridgehead atoms. The lowest BCUT2D eigenvalue weighted by molar-refractivity contribution is -0.870. The number of phosphoric acid groups is 1. The second-order valence-corrected chi connectivity index (χ2v) is 32.8. The molecule has 568 valence electrons. The van der Waals surface area contributed by atoms with E-state index in [2.05, 4.69) is 13.8 Å². The average molecular weight is 1370 g/mol. The van der Waals surface area contributed by atoms with Crippen LogP contribution in [0.15, 0.2) is 0 Å². The highest BCUT2D eigenvalue weighted by molar-refractivity contribution is 7.47. The molecule has 0 fully saturated rings. The van der Waals surface area contributed by atoms with E-state index in [-0.39, 0.29) is 25.6 Å². The van der Waals surface area contributed by atoms with Gasteiger partial charge in [-0.15, -0.1) is 0 Å². The highest BCUT2D eigenvalue weighted by Crippen LogP contribution is 2.43. The van der Waals surface area contributed by atoms with Crippen LogP contribution in [0.5, 0.6) is 0 Å². The normalized spacial score (nSPS) is 12.9. The van der Waals surface area contributed by atoms with Crippen LogP contribution in [0.3, 0.4) is 0 Å². The third-order valence-electron chi connectivity index (χ3n) is 20.4. The number of phosphoric ester groups is 1. The fourth-order valence-electron chi connectivity index (χ4n) is 13.8. The standard InChI is InChI=1S/C85H170NO8P/c1-6-8-10-12-14-16-18-20-22-24-26-28-30-32-34-36-38-40-42-43-44-46-48-50-52-54-56-58-60-62-64-66-68-70-72-74-76-78-85(88)94-83(82-93-95(89,90)92-80-79-86(3,4)5)81-91-84(87)77-75-73-71-69-67-65-63-61-59-57-55-53-51-49-47-45-41-39-37-35-33-31-29-27-25-23-21-19-17-15-13-11-9-7-2/h83H,6-82H2,1-5H3/p+1. The van der Waals surface area contributed by atoms with Crippen molar-refractivity contribution in [3.8, 4) is 0 Å². The van der Waals surface area contributed by atoms with Crippen LogP contribution in [0.1, 0.15) is 483 Å². The summed E-state index contributed by atoms with van der Waals surface area (Å²) in [5, 5.41) is 0. The molecule has 0 aliphatic carbocycles. The lowest BCUT2D eigenvalue weighted by atomic mass is 10.0. The van der Waals surface area contributed by atoms with Crippen LogP contribution in [0.4, 0.5) is 0 Å². The zero-order chi connectivity index (χ0) is 69.0. The van der Waals surface area contributed by atoms with Crippen molar-refractivity contribution >= 4 is 19.8 Å². The van der Waals surface area contributed by atoms with E-state index in [0.29, 0.717) is 17.4 Å². The molecule has 0 heterocycles. The maximum absolute atomic E-state index is 12.9. The van der Waals surface area contributed by atoms with Gasteiger partial charge in [0.1, 0.15) is 19.8 Å². The zero-order valence-electron chi connectivity index (χ0n) is 65.2. The summed E-state index contributed by atoms with van der Waals surface area (Å²) >= 11 is 0.